The molecule has 30 heavy (non-hydrogen) atoms. The number of nitrogens with zero attached hydrogens (tertiary/aromatic N) is 1. The monoisotopic (exact) mass is 442 g/mol. The molecule has 0 saturated carbocycles. The highest BCUT2D eigenvalue weighted by Gasteiger charge is 2.09. The fraction of sp³-hybridized carbons (Fsp3) is 0.320. The predicted octanol–water partition coefficient (Wildman–Crippen LogP) is 6.08. The van der Waals surface area contributed by atoms with E-state index in [1.807, 2.05) is 54.6 Å². The quantitative estimate of drug-likeness (QED) is 0.305. The van der Waals surface area contributed by atoms with E-state index in [4.69, 9.17) is 23.2 Å². The van der Waals surface area contributed by atoms with Crippen molar-refractivity contribution in [1.82, 2.24) is 10.2 Å². The van der Waals surface area contributed by atoms with Crippen LogP contribution in [0.4, 0.5) is 0 Å². The van der Waals surface area contributed by atoms with E-state index < -0.39 is 0 Å². The van der Waals surface area contributed by atoms with Gasteiger partial charge in [0.2, 0.25) is 5.91 Å². The molecule has 1 aliphatic heterocycles. The molecule has 0 atom stereocenters. The van der Waals surface area contributed by atoms with Gasteiger partial charge in [-0.2, -0.15) is 0 Å². The maximum absolute atomic E-state index is 12.5. The van der Waals surface area contributed by atoms with Gasteiger partial charge in [-0.1, -0.05) is 78.2 Å². The number of carbonyl (C=O) groups is 1. The Morgan fingerprint density at radius 2 is 1.77 bits per heavy atom. The molecule has 1 aliphatic rings. The molecule has 2 aromatic rings. The number of amides is 1. The van der Waals surface area contributed by atoms with Gasteiger partial charge in [-0.15, -0.1) is 0 Å². The molecule has 0 spiro atoms. The van der Waals surface area contributed by atoms with Gasteiger partial charge in [-0.05, 0) is 67.7 Å². The molecule has 5 heteroatoms. The summed E-state index contributed by atoms with van der Waals surface area (Å²) in [6.07, 6.45) is 10.4. The van der Waals surface area contributed by atoms with Crippen molar-refractivity contribution >= 4 is 40.8 Å². The molecular formula is C25H28Cl2N2O. The van der Waals surface area contributed by atoms with Crippen LogP contribution >= 0.6 is 23.2 Å². The van der Waals surface area contributed by atoms with Crippen LogP contribution in [0.25, 0.3) is 11.6 Å². The lowest BCUT2D eigenvalue weighted by Gasteiger charge is -2.26. The molecule has 1 saturated heterocycles. The molecule has 1 fully saturated rings. The summed E-state index contributed by atoms with van der Waals surface area (Å²) in [5.74, 6) is -0.0775. The molecule has 1 heterocycles. The number of hydrogen-bond donors (Lipinski definition) is 1. The highest BCUT2D eigenvalue weighted by Crippen LogP contribution is 2.24. The van der Waals surface area contributed by atoms with Crippen molar-refractivity contribution in [2.24, 2.45) is 0 Å². The molecule has 1 N–H and O–H groups in total. The van der Waals surface area contributed by atoms with Gasteiger partial charge in [-0.25, -0.2) is 0 Å². The zero-order valence-corrected chi connectivity index (χ0v) is 18.6. The maximum atomic E-state index is 12.5. The van der Waals surface area contributed by atoms with Crippen molar-refractivity contribution in [3.05, 3.63) is 81.9 Å². The minimum Gasteiger partial charge on any atom is -0.352 e. The van der Waals surface area contributed by atoms with E-state index in [1.165, 1.54) is 32.4 Å². The summed E-state index contributed by atoms with van der Waals surface area (Å²) in [6.45, 7) is 4.11. The lowest BCUT2D eigenvalue weighted by Crippen LogP contribution is -2.33. The summed E-state index contributed by atoms with van der Waals surface area (Å²) in [7, 11) is 0. The molecule has 0 bridgehead atoms. The topological polar surface area (TPSA) is 32.3 Å². The number of allylic oxidation sites excluding steroid dienone is 2. The first-order valence-corrected chi connectivity index (χ1v) is 11.3. The molecule has 0 aromatic heterocycles. The van der Waals surface area contributed by atoms with E-state index in [0.29, 0.717) is 16.6 Å². The SMILES string of the molecule is O=C(/C=C(/C=C/c1ccc(Cl)c(Cl)c1)c1ccccc1)NCCCN1CCCCC1. The second-order valence-electron chi connectivity index (χ2n) is 7.52. The van der Waals surface area contributed by atoms with Crippen molar-refractivity contribution in [3.63, 3.8) is 0 Å². The number of rotatable bonds is 8. The lowest BCUT2D eigenvalue weighted by molar-refractivity contribution is -0.116. The Kier molecular flexibility index (Phi) is 9.00. The normalized spacial score (nSPS) is 15.5. The van der Waals surface area contributed by atoms with Crippen molar-refractivity contribution in [2.45, 2.75) is 25.7 Å². The van der Waals surface area contributed by atoms with Crippen LogP contribution in [0.2, 0.25) is 10.0 Å². The van der Waals surface area contributed by atoms with Gasteiger partial charge in [-0.3, -0.25) is 4.79 Å². The summed E-state index contributed by atoms with van der Waals surface area (Å²) >= 11 is 12.1. The van der Waals surface area contributed by atoms with Crippen LogP contribution in [0.5, 0.6) is 0 Å². The Labute approximate surface area is 189 Å². The van der Waals surface area contributed by atoms with E-state index in [-0.39, 0.29) is 5.91 Å². The molecule has 3 rings (SSSR count). The summed E-state index contributed by atoms with van der Waals surface area (Å²) < 4.78 is 0. The first kappa shape index (κ1) is 22.6. The average molecular weight is 443 g/mol. The Morgan fingerprint density at radius 3 is 2.50 bits per heavy atom. The number of carbonyl (C=O) groups excluding carboxylic acids is 1. The molecule has 0 radical (unpaired) electrons. The van der Waals surface area contributed by atoms with E-state index in [0.717, 1.165) is 29.7 Å². The van der Waals surface area contributed by atoms with Gasteiger partial charge in [0.05, 0.1) is 10.0 Å². The van der Waals surface area contributed by atoms with Gasteiger partial charge >= 0.3 is 0 Å². The highest BCUT2D eigenvalue weighted by atomic mass is 35.5. The van der Waals surface area contributed by atoms with Crippen LogP contribution in [0.1, 0.15) is 36.8 Å². The molecule has 0 unspecified atom stereocenters. The van der Waals surface area contributed by atoms with Gasteiger partial charge in [0.1, 0.15) is 0 Å². The van der Waals surface area contributed by atoms with Crippen molar-refractivity contribution in [1.29, 1.82) is 0 Å². The minimum atomic E-state index is -0.0775. The Balaban J connectivity index is 1.62. The zero-order chi connectivity index (χ0) is 21.2. The van der Waals surface area contributed by atoms with Crippen molar-refractivity contribution < 1.29 is 4.79 Å². The highest BCUT2D eigenvalue weighted by molar-refractivity contribution is 6.42. The standard InChI is InChI=1S/C25H28Cl2N2O/c26-23-13-11-20(18-24(23)27)10-12-22(21-8-3-1-4-9-21)19-25(30)28-14-7-17-29-15-5-2-6-16-29/h1,3-4,8-13,18-19H,2,5-7,14-17H2,(H,28,30)/b12-10+,22-19-. The second-order valence-corrected chi connectivity index (χ2v) is 8.33. The zero-order valence-electron chi connectivity index (χ0n) is 17.1. The molecule has 1 amide bonds. The number of piperidine rings is 1. The first-order chi connectivity index (χ1) is 14.6. The molecular weight excluding hydrogens is 415 g/mol. The van der Waals surface area contributed by atoms with Crippen LogP contribution in [-0.2, 0) is 4.79 Å². The van der Waals surface area contributed by atoms with Gasteiger partial charge in [0, 0.05) is 12.6 Å². The molecule has 158 valence electrons. The molecule has 0 aliphatic carbocycles. The maximum Gasteiger partial charge on any atom is 0.244 e. The van der Waals surface area contributed by atoms with E-state index in [2.05, 4.69) is 10.2 Å². The minimum absolute atomic E-state index is 0.0775. The van der Waals surface area contributed by atoms with Crippen LogP contribution in [0.15, 0.2) is 60.7 Å². The number of likely N-dealkylation sites (tertiary alicyclic amines) is 1. The Morgan fingerprint density at radius 1 is 1.00 bits per heavy atom. The number of halogens is 2. The third-order valence-electron chi connectivity index (χ3n) is 5.19. The summed E-state index contributed by atoms with van der Waals surface area (Å²) in [6, 6.07) is 15.4. The lowest BCUT2D eigenvalue weighted by atomic mass is 10.0. The molecule has 3 nitrogen and oxygen atoms in total. The van der Waals surface area contributed by atoms with Crippen LogP contribution in [-0.4, -0.2) is 37.0 Å². The van der Waals surface area contributed by atoms with E-state index in [1.54, 1.807) is 12.1 Å². The van der Waals surface area contributed by atoms with E-state index in [9.17, 15) is 4.79 Å². The molecule has 2 aromatic carbocycles. The summed E-state index contributed by atoms with van der Waals surface area (Å²) in [4.78, 5) is 15.0. The average Bonchev–Trinajstić information content (AvgIpc) is 2.78. The van der Waals surface area contributed by atoms with Crippen molar-refractivity contribution in [3.8, 4) is 0 Å². The predicted molar refractivity (Wildman–Crippen MR) is 128 cm³/mol. The summed E-state index contributed by atoms with van der Waals surface area (Å²) in [5.41, 5.74) is 2.75. The Hall–Kier alpha value is -2.07. The fourth-order valence-corrected chi connectivity index (χ4v) is 3.86. The second kappa shape index (κ2) is 11.9. The smallest absolute Gasteiger partial charge is 0.244 e. The summed E-state index contributed by atoms with van der Waals surface area (Å²) in [5, 5.41) is 4.06. The van der Waals surface area contributed by atoms with Gasteiger partial charge in [0.15, 0.2) is 0 Å². The van der Waals surface area contributed by atoms with Crippen molar-refractivity contribution in [2.75, 3.05) is 26.2 Å². The van der Waals surface area contributed by atoms with Crippen LogP contribution in [0, 0.1) is 0 Å². The largest absolute Gasteiger partial charge is 0.352 e. The first-order valence-electron chi connectivity index (χ1n) is 10.5. The van der Waals surface area contributed by atoms with Gasteiger partial charge in [0.25, 0.3) is 0 Å². The third kappa shape index (κ3) is 7.32. The number of benzene rings is 2. The Bertz CT molecular complexity index is 887. The van der Waals surface area contributed by atoms with Gasteiger partial charge < -0.3 is 10.2 Å². The van der Waals surface area contributed by atoms with Crippen LogP contribution < -0.4 is 5.32 Å². The van der Waals surface area contributed by atoms with Crippen LogP contribution in [0.3, 0.4) is 0 Å². The third-order valence-corrected chi connectivity index (χ3v) is 5.93. The number of nitrogens with one attached hydrogen (secondary N) is 1. The van der Waals surface area contributed by atoms with E-state index >= 15 is 0 Å². The fourth-order valence-electron chi connectivity index (χ4n) is 3.55. The number of hydrogen-bond acceptors (Lipinski definition) is 2.